The van der Waals surface area contributed by atoms with E-state index in [4.69, 9.17) is 4.74 Å². The maximum Gasteiger partial charge on any atom is 0.337 e. The van der Waals surface area contributed by atoms with Gasteiger partial charge in [0.25, 0.3) is 5.56 Å². The lowest BCUT2D eigenvalue weighted by molar-refractivity contribution is -0.116. The van der Waals surface area contributed by atoms with E-state index in [1.807, 2.05) is 19.1 Å². The number of aryl methyl sites for hydroxylation is 1. The van der Waals surface area contributed by atoms with Crippen LogP contribution in [0.1, 0.15) is 21.7 Å². The van der Waals surface area contributed by atoms with Crippen LogP contribution in [-0.2, 0) is 22.5 Å². The number of methoxy groups -OCH3 is 1. The molecule has 2 N–H and O–H groups in total. The van der Waals surface area contributed by atoms with E-state index in [2.05, 4.69) is 10.3 Å². The first-order valence-corrected chi connectivity index (χ1v) is 9.39. The Labute approximate surface area is 164 Å². The number of nitrogens with zero attached hydrogens (tertiary/aromatic N) is 2. The zero-order valence-electron chi connectivity index (χ0n) is 15.4. The SMILES string of the molecule is COCCc1nc2scc(C(=O)O)c2c(=O)n1CC(=O)Nc1ccccc1C. The monoisotopic (exact) mass is 401 g/mol. The average molecular weight is 401 g/mol. The van der Waals surface area contributed by atoms with Gasteiger partial charge in [-0.2, -0.15) is 0 Å². The number of carbonyl (C=O) groups is 2. The van der Waals surface area contributed by atoms with Crippen LogP contribution < -0.4 is 10.9 Å². The van der Waals surface area contributed by atoms with E-state index in [9.17, 15) is 19.5 Å². The molecule has 0 aliphatic heterocycles. The van der Waals surface area contributed by atoms with Crippen molar-refractivity contribution in [2.75, 3.05) is 19.0 Å². The fourth-order valence-electron chi connectivity index (χ4n) is 2.82. The molecule has 2 heterocycles. The lowest BCUT2D eigenvalue weighted by atomic mass is 10.2. The van der Waals surface area contributed by atoms with Crippen LogP contribution in [0.4, 0.5) is 5.69 Å². The molecule has 0 saturated carbocycles. The number of aromatic carboxylic acids is 1. The molecule has 1 aromatic carbocycles. The van der Waals surface area contributed by atoms with Crippen molar-refractivity contribution in [3.05, 3.63) is 57.0 Å². The summed E-state index contributed by atoms with van der Waals surface area (Å²) in [7, 11) is 1.53. The minimum atomic E-state index is -1.20. The number of amides is 1. The summed E-state index contributed by atoms with van der Waals surface area (Å²) in [4.78, 5) is 41.7. The molecule has 0 unspecified atom stereocenters. The smallest absolute Gasteiger partial charge is 0.337 e. The lowest BCUT2D eigenvalue weighted by Gasteiger charge is -2.13. The lowest BCUT2D eigenvalue weighted by Crippen LogP contribution is -2.32. The van der Waals surface area contributed by atoms with Crippen LogP contribution in [0.2, 0.25) is 0 Å². The van der Waals surface area contributed by atoms with Gasteiger partial charge in [0.15, 0.2) is 0 Å². The number of benzene rings is 1. The van der Waals surface area contributed by atoms with Gasteiger partial charge in [-0.25, -0.2) is 9.78 Å². The van der Waals surface area contributed by atoms with Crippen LogP contribution >= 0.6 is 11.3 Å². The molecule has 3 rings (SSSR count). The van der Waals surface area contributed by atoms with E-state index in [1.54, 1.807) is 12.1 Å². The fourth-order valence-corrected chi connectivity index (χ4v) is 3.74. The number of hydrogen-bond donors (Lipinski definition) is 2. The molecule has 3 aromatic rings. The third kappa shape index (κ3) is 3.95. The number of fused-ring (bicyclic) bond motifs is 1. The number of ether oxygens (including phenoxy) is 1. The van der Waals surface area contributed by atoms with E-state index in [-0.39, 0.29) is 17.5 Å². The zero-order valence-corrected chi connectivity index (χ0v) is 16.2. The Kier molecular flexibility index (Phi) is 5.86. The summed E-state index contributed by atoms with van der Waals surface area (Å²) in [5.41, 5.74) is 0.885. The third-order valence-corrected chi connectivity index (χ3v) is 5.13. The van der Waals surface area contributed by atoms with E-state index < -0.39 is 17.4 Å². The van der Waals surface area contributed by atoms with Crippen LogP contribution in [0.25, 0.3) is 10.2 Å². The Balaban J connectivity index is 2.01. The molecule has 0 fully saturated rings. The quantitative estimate of drug-likeness (QED) is 0.628. The molecule has 0 aliphatic carbocycles. The molecule has 0 saturated heterocycles. The summed E-state index contributed by atoms with van der Waals surface area (Å²) >= 11 is 1.09. The van der Waals surface area contributed by atoms with Gasteiger partial charge in [-0.1, -0.05) is 18.2 Å². The summed E-state index contributed by atoms with van der Waals surface area (Å²) < 4.78 is 6.28. The normalized spacial score (nSPS) is 10.9. The van der Waals surface area contributed by atoms with Crippen molar-refractivity contribution in [2.45, 2.75) is 19.9 Å². The molecule has 9 heteroatoms. The summed E-state index contributed by atoms with van der Waals surface area (Å²) in [6.45, 7) is 1.91. The van der Waals surface area contributed by atoms with Crippen molar-refractivity contribution in [1.29, 1.82) is 0 Å². The Hall–Kier alpha value is -3.04. The Bertz CT molecular complexity index is 1100. The average Bonchev–Trinajstić information content (AvgIpc) is 3.09. The second-order valence-corrected chi connectivity index (χ2v) is 7.02. The highest BCUT2D eigenvalue weighted by molar-refractivity contribution is 7.17. The van der Waals surface area contributed by atoms with E-state index in [1.165, 1.54) is 17.1 Å². The molecule has 0 radical (unpaired) electrons. The zero-order chi connectivity index (χ0) is 20.3. The highest BCUT2D eigenvalue weighted by Crippen LogP contribution is 2.22. The Morgan fingerprint density at radius 2 is 2.07 bits per heavy atom. The number of rotatable bonds is 7. The molecular weight excluding hydrogens is 382 g/mol. The van der Waals surface area contributed by atoms with Crippen molar-refractivity contribution in [2.24, 2.45) is 0 Å². The maximum absolute atomic E-state index is 13.0. The van der Waals surface area contributed by atoms with Crippen molar-refractivity contribution < 1.29 is 19.4 Å². The van der Waals surface area contributed by atoms with Gasteiger partial charge in [0.2, 0.25) is 5.91 Å². The number of nitrogens with one attached hydrogen (secondary N) is 1. The van der Waals surface area contributed by atoms with Crippen LogP contribution in [0.5, 0.6) is 0 Å². The van der Waals surface area contributed by atoms with Gasteiger partial charge in [-0.15, -0.1) is 11.3 Å². The molecular formula is C19H19N3O5S. The number of carboxylic acids is 1. The number of anilines is 1. The number of hydrogen-bond acceptors (Lipinski definition) is 6. The Morgan fingerprint density at radius 1 is 1.32 bits per heavy atom. The fraction of sp³-hybridized carbons (Fsp3) is 0.263. The Morgan fingerprint density at radius 3 is 2.75 bits per heavy atom. The van der Waals surface area contributed by atoms with Crippen LogP contribution in [-0.4, -0.2) is 40.3 Å². The van der Waals surface area contributed by atoms with Gasteiger partial charge in [-0.05, 0) is 18.6 Å². The summed E-state index contributed by atoms with van der Waals surface area (Å²) in [6, 6.07) is 7.30. The van der Waals surface area contributed by atoms with Crippen molar-refractivity contribution in [1.82, 2.24) is 9.55 Å². The minimum absolute atomic E-state index is 0.0161. The van der Waals surface area contributed by atoms with Gasteiger partial charge < -0.3 is 15.2 Å². The standard InChI is InChI=1S/C19H19N3O5S/c1-11-5-3-4-6-13(11)20-15(23)9-22-14(7-8-27-2)21-17-16(18(22)24)12(10-28-17)19(25)26/h3-6,10H,7-9H2,1-2H3,(H,20,23)(H,25,26). The second kappa shape index (κ2) is 8.32. The summed E-state index contributed by atoms with van der Waals surface area (Å²) in [5, 5.41) is 13.5. The second-order valence-electron chi connectivity index (χ2n) is 6.16. The van der Waals surface area contributed by atoms with Gasteiger partial charge in [-0.3, -0.25) is 14.2 Å². The van der Waals surface area contributed by atoms with Gasteiger partial charge >= 0.3 is 5.97 Å². The van der Waals surface area contributed by atoms with Gasteiger partial charge in [0, 0.05) is 24.6 Å². The molecule has 8 nitrogen and oxygen atoms in total. The first kappa shape index (κ1) is 19.7. The number of thiophene rings is 1. The molecule has 0 aliphatic rings. The van der Waals surface area contributed by atoms with E-state index in [0.717, 1.165) is 16.9 Å². The first-order valence-electron chi connectivity index (χ1n) is 8.51. The molecule has 0 spiro atoms. The van der Waals surface area contributed by atoms with Crippen LogP contribution in [0.3, 0.4) is 0 Å². The molecule has 0 bridgehead atoms. The number of para-hydroxylation sites is 1. The number of carboxylic acid groups (broad SMARTS) is 1. The number of aromatic nitrogens is 2. The highest BCUT2D eigenvalue weighted by Gasteiger charge is 2.20. The minimum Gasteiger partial charge on any atom is -0.478 e. The summed E-state index contributed by atoms with van der Waals surface area (Å²) in [5.74, 6) is -1.23. The van der Waals surface area contributed by atoms with Gasteiger partial charge in [0.05, 0.1) is 17.6 Å². The topological polar surface area (TPSA) is 111 Å². The van der Waals surface area contributed by atoms with Crippen molar-refractivity contribution >= 4 is 39.1 Å². The van der Waals surface area contributed by atoms with Crippen LogP contribution in [0, 0.1) is 6.92 Å². The van der Waals surface area contributed by atoms with E-state index >= 15 is 0 Å². The maximum atomic E-state index is 13.0. The largest absolute Gasteiger partial charge is 0.478 e. The molecule has 146 valence electrons. The molecule has 28 heavy (non-hydrogen) atoms. The molecule has 1 amide bonds. The molecule has 0 atom stereocenters. The number of carbonyl (C=O) groups excluding carboxylic acids is 1. The highest BCUT2D eigenvalue weighted by atomic mass is 32.1. The summed E-state index contributed by atoms with van der Waals surface area (Å²) in [6.07, 6.45) is 0.319. The molecule has 2 aromatic heterocycles. The van der Waals surface area contributed by atoms with Crippen molar-refractivity contribution in [3.63, 3.8) is 0 Å². The predicted octanol–water partition coefficient (Wildman–Crippen LogP) is 2.29. The van der Waals surface area contributed by atoms with E-state index in [0.29, 0.717) is 29.4 Å². The van der Waals surface area contributed by atoms with Gasteiger partial charge in [0.1, 0.15) is 17.2 Å². The predicted molar refractivity (Wildman–Crippen MR) is 106 cm³/mol. The first-order chi connectivity index (χ1) is 13.4. The van der Waals surface area contributed by atoms with Crippen molar-refractivity contribution in [3.8, 4) is 0 Å². The van der Waals surface area contributed by atoms with Crippen LogP contribution in [0.15, 0.2) is 34.4 Å². The third-order valence-electron chi connectivity index (χ3n) is 4.25.